The highest BCUT2D eigenvalue weighted by molar-refractivity contribution is 6.31. The summed E-state index contributed by atoms with van der Waals surface area (Å²) in [6.45, 7) is 3.01. The summed E-state index contributed by atoms with van der Waals surface area (Å²) >= 11 is 5.95. The number of carbonyl (C=O) groups is 1. The molecule has 2 aromatic carbocycles. The molecule has 162 valence electrons. The van der Waals surface area contributed by atoms with Crippen molar-refractivity contribution in [3.63, 3.8) is 0 Å². The lowest BCUT2D eigenvalue weighted by Gasteiger charge is -2.20. The van der Waals surface area contributed by atoms with Crippen LogP contribution in [0.2, 0.25) is 5.02 Å². The zero-order valence-corrected chi connectivity index (χ0v) is 17.5. The molecule has 1 aromatic heterocycles. The molecule has 1 aliphatic heterocycles. The molecule has 1 aliphatic rings. The molecule has 0 aliphatic carbocycles. The van der Waals surface area contributed by atoms with Crippen molar-refractivity contribution in [1.82, 2.24) is 14.9 Å². The van der Waals surface area contributed by atoms with Gasteiger partial charge in [-0.05, 0) is 49.6 Å². The number of alkyl halides is 3. The van der Waals surface area contributed by atoms with Gasteiger partial charge in [-0.1, -0.05) is 23.2 Å². The number of rotatable bonds is 4. The number of benzene rings is 2. The molecule has 3 aromatic rings. The Morgan fingerprint density at radius 3 is 2.81 bits per heavy atom. The van der Waals surface area contributed by atoms with Crippen LogP contribution in [-0.4, -0.2) is 40.4 Å². The van der Waals surface area contributed by atoms with E-state index in [4.69, 9.17) is 11.6 Å². The molecule has 0 unspecified atom stereocenters. The Morgan fingerprint density at radius 2 is 2.03 bits per heavy atom. The lowest BCUT2D eigenvalue weighted by atomic mass is 10.0. The number of fused-ring (bicyclic) bond motifs is 1. The number of halogens is 4. The van der Waals surface area contributed by atoms with Crippen LogP contribution in [0.1, 0.15) is 27.9 Å². The van der Waals surface area contributed by atoms with Crippen molar-refractivity contribution in [2.75, 3.05) is 25.0 Å². The minimum Gasteiger partial charge on any atom is -0.368 e. The molecule has 0 radical (unpaired) electrons. The number of hydrogen-bond acceptors (Lipinski definition) is 4. The Bertz CT molecular complexity index is 1140. The fourth-order valence-electron chi connectivity index (χ4n) is 3.75. The molecule has 0 spiro atoms. The third-order valence-corrected chi connectivity index (χ3v) is 5.60. The van der Waals surface area contributed by atoms with Crippen LogP contribution in [0.5, 0.6) is 0 Å². The van der Waals surface area contributed by atoms with Crippen LogP contribution in [0, 0.1) is 12.8 Å². The number of aromatic nitrogens is 2. The molecule has 2 heterocycles. The van der Waals surface area contributed by atoms with Gasteiger partial charge in [-0.15, -0.1) is 0 Å². The largest absolute Gasteiger partial charge is 0.417 e. The van der Waals surface area contributed by atoms with Gasteiger partial charge < -0.3 is 10.2 Å². The minimum absolute atomic E-state index is 0.103. The van der Waals surface area contributed by atoms with E-state index in [0.29, 0.717) is 53.5 Å². The van der Waals surface area contributed by atoms with Crippen LogP contribution in [0.15, 0.2) is 42.6 Å². The molecule has 31 heavy (non-hydrogen) atoms. The van der Waals surface area contributed by atoms with Crippen molar-refractivity contribution in [2.45, 2.75) is 19.5 Å². The molecule has 1 amide bonds. The first-order valence-electron chi connectivity index (χ1n) is 9.84. The van der Waals surface area contributed by atoms with E-state index in [2.05, 4.69) is 15.3 Å². The van der Waals surface area contributed by atoms with Crippen LogP contribution in [0.3, 0.4) is 0 Å². The van der Waals surface area contributed by atoms with E-state index in [1.54, 1.807) is 31.3 Å². The molecule has 1 N–H and O–H groups in total. The number of nitrogens with one attached hydrogen (secondary N) is 1. The van der Waals surface area contributed by atoms with Gasteiger partial charge in [0.1, 0.15) is 5.82 Å². The fraction of sp³-hybridized carbons (Fsp3) is 0.318. The van der Waals surface area contributed by atoms with Gasteiger partial charge in [0.25, 0.3) is 5.91 Å². The average molecular weight is 449 g/mol. The Labute approximate surface area is 182 Å². The van der Waals surface area contributed by atoms with Crippen LogP contribution >= 0.6 is 11.6 Å². The predicted molar refractivity (Wildman–Crippen MR) is 113 cm³/mol. The maximum atomic E-state index is 13.3. The topological polar surface area (TPSA) is 58.1 Å². The van der Waals surface area contributed by atoms with Crippen LogP contribution in [-0.2, 0) is 6.18 Å². The third kappa shape index (κ3) is 4.74. The van der Waals surface area contributed by atoms with Crippen LogP contribution in [0.4, 0.5) is 19.0 Å². The van der Waals surface area contributed by atoms with E-state index in [1.807, 2.05) is 0 Å². The first kappa shape index (κ1) is 21.4. The zero-order valence-electron chi connectivity index (χ0n) is 16.7. The summed E-state index contributed by atoms with van der Waals surface area (Å²) in [5.74, 6) is 0.115. The average Bonchev–Trinajstić information content (AvgIpc) is 3.19. The van der Waals surface area contributed by atoms with E-state index >= 15 is 0 Å². The summed E-state index contributed by atoms with van der Waals surface area (Å²) in [4.78, 5) is 23.1. The van der Waals surface area contributed by atoms with E-state index in [1.165, 1.54) is 17.0 Å². The molecule has 0 bridgehead atoms. The minimum atomic E-state index is -4.57. The lowest BCUT2D eigenvalue weighted by molar-refractivity contribution is -0.138. The van der Waals surface area contributed by atoms with Crippen molar-refractivity contribution in [3.05, 3.63) is 64.3 Å². The summed E-state index contributed by atoms with van der Waals surface area (Å²) in [5, 5.41) is 3.80. The van der Waals surface area contributed by atoms with Gasteiger partial charge in [0, 0.05) is 24.7 Å². The van der Waals surface area contributed by atoms with Crippen molar-refractivity contribution in [2.24, 2.45) is 5.92 Å². The first-order valence-corrected chi connectivity index (χ1v) is 10.2. The number of hydrogen-bond donors (Lipinski definition) is 1. The monoisotopic (exact) mass is 448 g/mol. The quantitative estimate of drug-likeness (QED) is 0.597. The predicted octanol–water partition coefficient (Wildman–Crippen LogP) is 5.18. The highest BCUT2D eigenvalue weighted by Gasteiger charge is 2.37. The lowest BCUT2D eigenvalue weighted by Crippen LogP contribution is -2.31. The van der Waals surface area contributed by atoms with E-state index in [0.717, 1.165) is 6.07 Å². The second-order valence-electron chi connectivity index (χ2n) is 7.72. The van der Waals surface area contributed by atoms with Gasteiger partial charge in [0.05, 0.1) is 28.4 Å². The van der Waals surface area contributed by atoms with Gasteiger partial charge in [0.2, 0.25) is 0 Å². The molecule has 1 saturated heterocycles. The normalized spacial score (nSPS) is 16.7. The second kappa shape index (κ2) is 8.34. The van der Waals surface area contributed by atoms with E-state index < -0.39 is 17.6 Å². The highest BCUT2D eigenvalue weighted by Crippen LogP contribution is 2.33. The number of carbonyl (C=O) groups excluding carboxylic acids is 1. The van der Waals surface area contributed by atoms with Gasteiger partial charge >= 0.3 is 6.18 Å². The van der Waals surface area contributed by atoms with Crippen molar-refractivity contribution >= 4 is 34.4 Å². The summed E-state index contributed by atoms with van der Waals surface area (Å²) in [5.41, 5.74) is 0.826. The molecular formula is C22H20ClF3N4O. The molecule has 1 fully saturated rings. The Kier molecular flexibility index (Phi) is 5.75. The number of likely N-dealkylation sites (tertiary alicyclic amines) is 1. The summed E-state index contributed by atoms with van der Waals surface area (Å²) < 4.78 is 40.0. The standard InChI is InChI=1S/C22H20ClF3N4O/c1-13-2-4-17(22(24,25)26)16(8-13)21(31)30-7-6-14(12-30)10-28-20-11-27-19-9-15(23)3-5-18(19)29-20/h2-5,8-9,11,14H,6-7,10,12H2,1H3,(H,28,29)/t14-/m0/s1. The molecule has 9 heteroatoms. The molecular weight excluding hydrogens is 429 g/mol. The Hall–Kier alpha value is -2.87. The van der Waals surface area contributed by atoms with Gasteiger partial charge in [0.15, 0.2) is 0 Å². The summed E-state index contributed by atoms with van der Waals surface area (Å²) in [7, 11) is 0. The Balaban J connectivity index is 1.41. The fourth-order valence-corrected chi connectivity index (χ4v) is 3.92. The second-order valence-corrected chi connectivity index (χ2v) is 8.16. The van der Waals surface area contributed by atoms with Crippen molar-refractivity contribution in [1.29, 1.82) is 0 Å². The summed E-state index contributed by atoms with van der Waals surface area (Å²) in [6, 6.07) is 8.91. The molecule has 5 nitrogen and oxygen atoms in total. The number of nitrogens with zero attached hydrogens (tertiary/aromatic N) is 3. The molecule has 1 atom stereocenters. The number of aryl methyl sites for hydroxylation is 1. The van der Waals surface area contributed by atoms with Gasteiger partial charge in [-0.2, -0.15) is 13.2 Å². The van der Waals surface area contributed by atoms with E-state index in [-0.39, 0.29) is 11.5 Å². The van der Waals surface area contributed by atoms with Crippen LogP contribution < -0.4 is 5.32 Å². The highest BCUT2D eigenvalue weighted by atomic mass is 35.5. The van der Waals surface area contributed by atoms with E-state index in [9.17, 15) is 18.0 Å². The SMILES string of the molecule is Cc1ccc(C(F)(F)F)c(C(=O)N2CC[C@@H](CNc3cnc4cc(Cl)ccc4n3)C2)c1. The van der Waals surface area contributed by atoms with Crippen molar-refractivity contribution in [3.8, 4) is 0 Å². The number of amides is 1. The molecule has 0 saturated carbocycles. The smallest absolute Gasteiger partial charge is 0.368 e. The zero-order chi connectivity index (χ0) is 22.2. The summed E-state index contributed by atoms with van der Waals surface area (Å²) in [6.07, 6.45) is -2.26. The maximum absolute atomic E-state index is 13.3. The number of anilines is 1. The van der Waals surface area contributed by atoms with Crippen LogP contribution in [0.25, 0.3) is 11.0 Å². The van der Waals surface area contributed by atoms with Gasteiger partial charge in [-0.3, -0.25) is 9.78 Å². The van der Waals surface area contributed by atoms with Crippen molar-refractivity contribution < 1.29 is 18.0 Å². The Morgan fingerprint density at radius 1 is 1.23 bits per heavy atom. The van der Waals surface area contributed by atoms with Gasteiger partial charge in [-0.25, -0.2) is 4.98 Å². The molecule has 4 rings (SSSR count). The third-order valence-electron chi connectivity index (χ3n) is 5.36. The first-order chi connectivity index (χ1) is 14.7. The maximum Gasteiger partial charge on any atom is 0.417 e.